The molecule has 0 aliphatic rings. The first-order valence-corrected chi connectivity index (χ1v) is 12.0. The number of hydrogen-bond donors (Lipinski definition) is 1. The van der Waals surface area contributed by atoms with Crippen LogP contribution in [0.2, 0.25) is 0 Å². The summed E-state index contributed by atoms with van der Waals surface area (Å²) in [4.78, 5) is 42.8. The van der Waals surface area contributed by atoms with Gasteiger partial charge in [0.15, 0.2) is 6.61 Å². The van der Waals surface area contributed by atoms with E-state index < -0.39 is 12.6 Å². The Morgan fingerprint density at radius 1 is 0.919 bits per heavy atom. The number of fused-ring (bicyclic) bond motifs is 1. The number of nitrogens with zero attached hydrogens (tertiary/aromatic N) is 3. The molecule has 0 amide bonds. The predicted octanol–water partition coefficient (Wildman–Crippen LogP) is 4.72. The number of nitrogens with one attached hydrogen (secondary N) is 1. The molecule has 0 atom stereocenters. The molecule has 0 aliphatic heterocycles. The lowest BCUT2D eigenvalue weighted by molar-refractivity contribution is 0.0476. The van der Waals surface area contributed by atoms with Crippen LogP contribution in [0.5, 0.6) is 0 Å². The molecule has 0 saturated heterocycles. The molecule has 8 nitrogen and oxygen atoms in total. The summed E-state index contributed by atoms with van der Waals surface area (Å²) >= 11 is 0. The Balaban J connectivity index is 1.45. The van der Waals surface area contributed by atoms with Crippen molar-refractivity contribution in [3.8, 4) is 11.4 Å². The number of aromatic nitrogens is 4. The number of benzene rings is 2. The van der Waals surface area contributed by atoms with Gasteiger partial charge in [-0.25, -0.2) is 9.48 Å². The molecule has 0 bridgehead atoms. The highest BCUT2D eigenvalue weighted by Crippen LogP contribution is 2.25. The summed E-state index contributed by atoms with van der Waals surface area (Å²) in [5.41, 5.74) is 5.52. The Kier molecular flexibility index (Phi) is 5.95. The Morgan fingerprint density at radius 3 is 2.32 bits per heavy atom. The van der Waals surface area contributed by atoms with Gasteiger partial charge >= 0.3 is 5.97 Å². The highest BCUT2D eigenvalue weighted by Gasteiger charge is 2.25. The summed E-state index contributed by atoms with van der Waals surface area (Å²) in [5, 5.41) is 0.755. The van der Waals surface area contributed by atoms with Crippen molar-refractivity contribution in [2.45, 2.75) is 27.7 Å². The predicted molar refractivity (Wildman–Crippen MR) is 142 cm³/mol. The molecule has 0 aliphatic carbocycles. The summed E-state index contributed by atoms with van der Waals surface area (Å²) in [7, 11) is 1.83. The molecule has 5 aromatic rings. The van der Waals surface area contributed by atoms with Crippen molar-refractivity contribution in [3.05, 3.63) is 105 Å². The SMILES string of the molecule is Cc1[nH]c2ccccc2c1C(=O)OCC(=O)c1cc(C)n(-c2c(C)n(C)n(-c3ccccc3)c2=O)c1C. The number of esters is 1. The van der Waals surface area contributed by atoms with E-state index in [4.69, 9.17) is 4.74 Å². The van der Waals surface area contributed by atoms with Gasteiger partial charge in [0.05, 0.1) is 16.9 Å². The number of hydrogen-bond acceptors (Lipinski definition) is 4. The molecule has 37 heavy (non-hydrogen) atoms. The molecular formula is C29H28N4O4. The third kappa shape index (κ3) is 3.91. The molecule has 2 aromatic carbocycles. The Labute approximate surface area is 213 Å². The lowest BCUT2D eigenvalue weighted by Crippen LogP contribution is -2.22. The molecule has 0 spiro atoms. The van der Waals surface area contributed by atoms with Crippen LogP contribution < -0.4 is 5.56 Å². The monoisotopic (exact) mass is 496 g/mol. The maximum atomic E-state index is 13.5. The minimum absolute atomic E-state index is 0.187. The van der Waals surface area contributed by atoms with Crippen molar-refractivity contribution in [2.75, 3.05) is 6.61 Å². The smallest absolute Gasteiger partial charge is 0.341 e. The van der Waals surface area contributed by atoms with Crippen molar-refractivity contribution in [1.29, 1.82) is 0 Å². The van der Waals surface area contributed by atoms with E-state index in [0.717, 1.165) is 28.0 Å². The van der Waals surface area contributed by atoms with Crippen LogP contribution in [0.15, 0.2) is 65.5 Å². The topological polar surface area (TPSA) is 91.0 Å². The number of ketones is 1. The number of carbonyl (C=O) groups excluding carboxylic acids is 2. The van der Waals surface area contributed by atoms with Crippen molar-refractivity contribution in [2.24, 2.45) is 7.05 Å². The summed E-state index contributed by atoms with van der Waals surface area (Å²) < 4.78 is 10.7. The van der Waals surface area contributed by atoms with Crippen LogP contribution >= 0.6 is 0 Å². The van der Waals surface area contributed by atoms with Crippen LogP contribution in [0.4, 0.5) is 0 Å². The largest absolute Gasteiger partial charge is 0.454 e. The highest BCUT2D eigenvalue weighted by molar-refractivity contribution is 6.07. The third-order valence-electron chi connectivity index (χ3n) is 6.91. The van der Waals surface area contributed by atoms with Crippen molar-refractivity contribution < 1.29 is 14.3 Å². The van der Waals surface area contributed by atoms with E-state index in [0.29, 0.717) is 28.2 Å². The van der Waals surface area contributed by atoms with E-state index in [-0.39, 0.29) is 11.3 Å². The molecule has 0 saturated carbocycles. The fourth-order valence-corrected chi connectivity index (χ4v) is 5.02. The normalized spacial score (nSPS) is 11.3. The number of Topliss-reactive ketones (excluding diaryl/α,β-unsaturated/α-hetero) is 1. The molecule has 0 radical (unpaired) electrons. The van der Waals surface area contributed by atoms with Gasteiger partial charge in [-0.2, -0.15) is 0 Å². The second-order valence-electron chi connectivity index (χ2n) is 9.20. The second kappa shape index (κ2) is 9.13. The number of aromatic amines is 1. The number of para-hydroxylation sites is 2. The number of H-pyrrole nitrogens is 1. The van der Waals surface area contributed by atoms with Crippen LogP contribution in [0.3, 0.4) is 0 Å². The molecule has 5 rings (SSSR count). The zero-order valence-corrected chi connectivity index (χ0v) is 21.5. The molecule has 3 aromatic heterocycles. The maximum absolute atomic E-state index is 13.5. The van der Waals surface area contributed by atoms with Gasteiger partial charge in [0, 0.05) is 40.6 Å². The van der Waals surface area contributed by atoms with E-state index in [2.05, 4.69) is 4.98 Å². The average Bonchev–Trinajstić information content (AvgIpc) is 3.45. The molecule has 0 unspecified atom stereocenters. The molecular weight excluding hydrogens is 468 g/mol. The minimum atomic E-state index is -0.554. The number of carbonyl (C=O) groups is 2. The summed E-state index contributed by atoms with van der Waals surface area (Å²) in [6, 6.07) is 18.6. The van der Waals surface area contributed by atoms with E-state index in [1.165, 1.54) is 0 Å². The van der Waals surface area contributed by atoms with Gasteiger partial charge in [0.1, 0.15) is 5.69 Å². The standard InChI is InChI=1S/C29H28N4O4/c1-17-15-23(25(34)16-37-29(36)26-18(2)30-24-14-10-9-13-22(24)26)19(3)32(17)27-20(4)31(5)33(28(27)35)21-11-7-6-8-12-21/h6-15,30H,16H2,1-5H3. The second-order valence-corrected chi connectivity index (χ2v) is 9.20. The Bertz CT molecular complexity index is 1730. The van der Waals surface area contributed by atoms with Crippen LogP contribution in [0, 0.1) is 27.7 Å². The third-order valence-corrected chi connectivity index (χ3v) is 6.91. The maximum Gasteiger partial charge on any atom is 0.341 e. The fraction of sp³-hybridized carbons (Fsp3) is 0.207. The molecule has 1 N–H and O–H groups in total. The average molecular weight is 497 g/mol. The van der Waals surface area contributed by atoms with E-state index in [9.17, 15) is 14.4 Å². The number of aryl methyl sites for hydroxylation is 2. The lowest BCUT2D eigenvalue weighted by Gasteiger charge is -2.09. The Morgan fingerprint density at radius 2 is 1.59 bits per heavy atom. The van der Waals surface area contributed by atoms with Crippen LogP contribution in [0.25, 0.3) is 22.3 Å². The first-order valence-electron chi connectivity index (χ1n) is 12.0. The van der Waals surface area contributed by atoms with Crippen molar-refractivity contribution >= 4 is 22.7 Å². The fourth-order valence-electron chi connectivity index (χ4n) is 5.02. The van der Waals surface area contributed by atoms with Crippen LogP contribution in [-0.4, -0.2) is 37.3 Å². The van der Waals surface area contributed by atoms with Crippen LogP contribution in [0.1, 0.15) is 43.5 Å². The quantitative estimate of drug-likeness (QED) is 0.272. The van der Waals surface area contributed by atoms with Gasteiger partial charge in [-0.05, 0) is 52.0 Å². The molecule has 0 fully saturated rings. The van der Waals surface area contributed by atoms with Gasteiger partial charge in [-0.3, -0.25) is 14.3 Å². The van der Waals surface area contributed by atoms with Crippen molar-refractivity contribution in [3.63, 3.8) is 0 Å². The highest BCUT2D eigenvalue weighted by atomic mass is 16.5. The van der Waals surface area contributed by atoms with Gasteiger partial charge in [-0.15, -0.1) is 0 Å². The van der Waals surface area contributed by atoms with Gasteiger partial charge in [0.25, 0.3) is 5.56 Å². The summed E-state index contributed by atoms with van der Waals surface area (Å²) in [5.74, 6) is -0.885. The minimum Gasteiger partial charge on any atom is -0.454 e. The van der Waals surface area contributed by atoms with Gasteiger partial charge < -0.3 is 14.3 Å². The summed E-state index contributed by atoms with van der Waals surface area (Å²) in [6.45, 7) is 6.93. The van der Waals surface area contributed by atoms with E-state index in [1.807, 2.05) is 75.5 Å². The molecule has 3 heterocycles. The molecule has 8 heteroatoms. The zero-order chi connectivity index (χ0) is 26.4. The van der Waals surface area contributed by atoms with Crippen molar-refractivity contribution in [1.82, 2.24) is 18.9 Å². The number of rotatable bonds is 6. The first kappa shape index (κ1) is 24.1. The van der Waals surface area contributed by atoms with E-state index in [1.54, 1.807) is 33.8 Å². The summed E-state index contributed by atoms with van der Waals surface area (Å²) in [6.07, 6.45) is 0. The number of ether oxygens (including phenoxy) is 1. The van der Waals surface area contributed by atoms with Gasteiger partial charge in [-0.1, -0.05) is 36.4 Å². The zero-order valence-electron chi connectivity index (χ0n) is 21.5. The first-order chi connectivity index (χ1) is 17.7. The Hall–Kier alpha value is -4.59. The van der Waals surface area contributed by atoms with Crippen LogP contribution in [-0.2, 0) is 11.8 Å². The van der Waals surface area contributed by atoms with Gasteiger partial charge in [0.2, 0.25) is 5.78 Å². The lowest BCUT2D eigenvalue weighted by atomic mass is 10.1. The van der Waals surface area contributed by atoms with E-state index >= 15 is 0 Å². The molecule has 188 valence electrons.